The minimum absolute atomic E-state index is 0.0547. The highest BCUT2D eigenvalue weighted by atomic mass is 35.5. The fraction of sp³-hybridized carbons (Fsp3) is 0.429. The highest BCUT2D eigenvalue weighted by Gasteiger charge is 2.49. The molecule has 4 heteroatoms. The second-order valence-electron chi connectivity index (χ2n) is 7.15. The van der Waals surface area contributed by atoms with E-state index in [1.54, 1.807) is 0 Å². The summed E-state index contributed by atoms with van der Waals surface area (Å²) in [5, 5.41) is 16.7. The molecule has 0 aliphatic carbocycles. The normalized spacial score (nSPS) is 32.6. The maximum Gasteiger partial charge on any atom is 0.0732 e. The van der Waals surface area contributed by atoms with E-state index in [1.807, 2.05) is 48.5 Å². The molecule has 25 heavy (non-hydrogen) atoms. The number of nitrogens with one attached hydrogen (secondary N) is 1. The predicted octanol–water partition coefficient (Wildman–Crippen LogP) is 5.79. The molecule has 0 spiro atoms. The molecule has 2 nitrogen and oxygen atoms in total. The Bertz CT molecular complexity index is 656. The van der Waals surface area contributed by atoms with Gasteiger partial charge in [0, 0.05) is 34.0 Å². The molecule has 1 heterocycles. The van der Waals surface area contributed by atoms with Gasteiger partial charge in [-0.05, 0) is 41.8 Å². The monoisotopic (exact) mass is 377 g/mol. The number of benzene rings is 2. The van der Waals surface area contributed by atoms with Crippen LogP contribution in [0.4, 0.5) is 0 Å². The topological polar surface area (TPSA) is 32.3 Å². The van der Waals surface area contributed by atoms with Crippen LogP contribution in [-0.2, 0) is 0 Å². The van der Waals surface area contributed by atoms with Crippen molar-refractivity contribution < 1.29 is 5.11 Å². The molecule has 2 aromatic rings. The summed E-state index contributed by atoms with van der Waals surface area (Å²) in [5.41, 5.74) is 1.55. The Morgan fingerprint density at radius 2 is 1.20 bits per heavy atom. The molecule has 1 unspecified atom stereocenters. The van der Waals surface area contributed by atoms with Gasteiger partial charge in [-0.1, -0.05) is 68.2 Å². The van der Waals surface area contributed by atoms with Gasteiger partial charge in [-0.3, -0.25) is 0 Å². The first-order chi connectivity index (χ1) is 11.9. The minimum atomic E-state index is -0.750. The molecular formula is C21H25Cl2NO. The zero-order valence-electron chi connectivity index (χ0n) is 14.8. The number of halogens is 2. The van der Waals surface area contributed by atoms with Crippen LogP contribution >= 0.6 is 23.2 Å². The first kappa shape index (κ1) is 18.7. The first-order valence-electron chi connectivity index (χ1n) is 8.86. The number of aliphatic hydroxyl groups is 1. The quantitative estimate of drug-likeness (QED) is 0.708. The lowest BCUT2D eigenvalue weighted by atomic mass is 9.65. The third-order valence-corrected chi connectivity index (χ3v) is 6.46. The first-order valence-corrected chi connectivity index (χ1v) is 9.61. The second kappa shape index (κ2) is 7.28. The highest BCUT2D eigenvalue weighted by Crippen LogP contribution is 2.48. The van der Waals surface area contributed by atoms with E-state index in [9.17, 15) is 5.11 Å². The van der Waals surface area contributed by atoms with Gasteiger partial charge in [0.05, 0.1) is 5.60 Å². The van der Waals surface area contributed by atoms with Crippen molar-refractivity contribution in [2.75, 3.05) is 0 Å². The number of hydrogen-bond acceptors (Lipinski definition) is 2. The number of rotatable bonds is 3. The van der Waals surface area contributed by atoms with Crippen molar-refractivity contribution in [2.45, 2.75) is 44.9 Å². The molecule has 0 amide bonds. The van der Waals surface area contributed by atoms with Gasteiger partial charge in [0.15, 0.2) is 0 Å². The zero-order chi connectivity index (χ0) is 18.2. The van der Waals surface area contributed by atoms with Gasteiger partial charge in [-0.2, -0.15) is 0 Å². The van der Waals surface area contributed by atoms with Gasteiger partial charge in [-0.15, -0.1) is 0 Å². The Morgan fingerprint density at radius 3 is 1.52 bits per heavy atom. The summed E-state index contributed by atoms with van der Waals surface area (Å²) in [6.07, 6.45) is 0.713. The molecule has 3 rings (SSSR count). The molecule has 134 valence electrons. The minimum Gasteiger partial charge on any atom is -0.389 e. The largest absolute Gasteiger partial charge is 0.389 e. The van der Waals surface area contributed by atoms with Crippen LogP contribution < -0.4 is 5.32 Å². The fourth-order valence-corrected chi connectivity index (χ4v) is 4.48. The van der Waals surface area contributed by atoms with Crippen LogP contribution in [0.15, 0.2) is 48.5 Å². The van der Waals surface area contributed by atoms with Gasteiger partial charge in [0.25, 0.3) is 0 Å². The molecule has 0 saturated carbocycles. The Labute approximate surface area is 160 Å². The van der Waals surface area contributed by atoms with Crippen molar-refractivity contribution in [1.82, 2.24) is 5.32 Å². The van der Waals surface area contributed by atoms with E-state index < -0.39 is 5.60 Å². The molecule has 0 radical (unpaired) electrons. The SMILES string of the molecule is CCC1(O)[C@H](C)[C@@H](c2ccc(Cl)cc2)N[C@H](c2ccc(Cl)cc2)[C@@H]1C. The Kier molecular flexibility index (Phi) is 5.45. The summed E-state index contributed by atoms with van der Waals surface area (Å²) >= 11 is 12.1. The van der Waals surface area contributed by atoms with Crippen LogP contribution in [0.1, 0.15) is 50.4 Å². The molecule has 0 bridgehead atoms. The van der Waals surface area contributed by atoms with E-state index in [0.717, 1.165) is 21.2 Å². The summed E-state index contributed by atoms with van der Waals surface area (Å²) in [6.45, 7) is 6.32. The number of hydrogen-bond donors (Lipinski definition) is 2. The molecule has 5 atom stereocenters. The van der Waals surface area contributed by atoms with Gasteiger partial charge in [0.2, 0.25) is 0 Å². The van der Waals surface area contributed by atoms with Crippen molar-refractivity contribution in [3.05, 3.63) is 69.7 Å². The van der Waals surface area contributed by atoms with E-state index >= 15 is 0 Å². The van der Waals surface area contributed by atoms with Crippen molar-refractivity contribution >= 4 is 23.2 Å². The smallest absolute Gasteiger partial charge is 0.0732 e. The highest BCUT2D eigenvalue weighted by molar-refractivity contribution is 6.30. The van der Waals surface area contributed by atoms with Crippen LogP contribution in [0.25, 0.3) is 0 Å². The molecule has 2 N–H and O–H groups in total. The van der Waals surface area contributed by atoms with Crippen LogP contribution in [0.5, 0.6) is 0 Å². The summed E-state index contributed by atoms with van der Waals surface area (Å²) in [7, 11) is 0. The zero-order valence-corrected chi connectivity index (χ0v) is 16.4. The molecule has 1 aliphatic heterocycles. The average molecular weight is 378 g/mol. The maximum absolute atomic E-state index is 11.5. The average Bonchev–Trinajstić information content (AvgIpc) is 2.62. The van der Waals surface area contributed by atoms with E-state index in [4.69, 9.17) is 23.2 Å². The third kappa shape index (κ3) is 3.46. The van der Waals surface area contributed by atoms with Crippen molar-refractivity contribution in [2.24, 2.45) is 11.8 Å². The van der Waals surface area contributed by atoms with Crippen LogP contribution in [0, 0.1) is 11.8 Å². The predicted molar refractivity (Wildman–Crippen MR) is 105 cm³/mol. The Morgan fingerprint density at radius 1 is 0.840 bits per heavy atom. The van der Waals surface area contributed by atoms with E-state index in [0.29, 0.717) is 6.42 Å². The van der Waals surface area contributed by atoms with Crippen molar-refractivity contribution in [3.63, 3.8) is 0 Å². The molecule has 1 fully saturated rings. The molecular weight excluding hydrogens is 353 g/mol. The summed E-state index contributed by atoms with van der Waals surface area (Å²) in [5.74, 6) is 0.162. The number of piperidine rings is 1. The van der Waals surface area contributed by atoms with E-state index in [2.05, 4.69) is 26.1 Å². The molecule has 0 aromatic heterocycles. The van der Waals surface area contributed by atoms with E-state index in [-0.39, 0.29) is 23.9 Å². The fourth-order valence-electron chi connectivity index (χ4n) is 4.23. The Balaban J connectivity index is 2.01. The summed E-state index contributed by atoms with van der Waals surface area (Å²) < 4.78 is 0. The lowest BCUT2D eigenvalue weighted by molar-refractivity contribution is -0.113. The van der Waals surface area contributed by atoms with Crippen LogP contribution in [0.2, 0.25) is 10.0 Å². The van der Waals surface area contributed by atoms with E-state index in [1.165, 1.54) is 0 Å². The van der Waals surface area contributed by atoms with Crippen LogP contribution in [0.3, 0.4) is 0 Å². The summed E-state index contributed by atoms with van der Waals surface area (Å²) in [6, 6.07) is 15.9. The molecule has 1 saturated heterocycles. The molecule has 2 aromatic carbocycles. The summed E-state index contributed by atoms with van der Waals surface area (Å²) in [4.78, 5) is 0. The lowest BCUT2D eigenvalue weighted by Crippen LogP contribution is -2.57. The standard InChI is InChI=1S/C21H25Cl2NO/c1-4-21(25)13(2)19(15-5-9-17(22)10-6-15)24-20(14(21)3)16-7-11-18(23)12-8-16/h5-14,19-20,24-25H,4H2,1-3H3/t13-,14+,19-,20-,21?/m0/s1. The second-order valence-corrected chi connectivity index (χ2v) is 8.02. The maximum atomic E-state index is 11.5. The lowest BCUT2D eigenvalue weighted by Gasteiger charge is -2.52. The third-order valence-electron chi connectivity index (χ3n) is 5.96. The van der Waals surface area contributed by atoms with Crippen molar-refractivity contribution in [1.29, 1.82) is 0 Å². The van der Waals surface area contributed by atoms with Gasteiger partial charge >= 0.3 is 0 Å². The van der Waals surface area contributed by atoms with Gasteiger partial charge in [-0.25, -0.2) is 0 Å². The van der Waals surface area contributed by atoms with Gasteiger partial charge in [0.1, 0.15) is 0 Å². The van der Waals surface area contributed by atoms with Crippen LogP contribution in [-0.4, -0.2) is 10.7 Å². The van der Waals surface area contributed by atoms with Crippen molar-refractivity contribution in [3.8, 4) is 0 Å². The Hall–Kier alpha value is -1.06. The molecule has 1 aliphatic rings. The van der Waals surface area contributed by atoms with Gasteiger partial charge < -0.3 is 10.4 Å².